The molecule has 0 aliphatic carbocycles. The second kappa shape index (κ2) is 9.39. The summed E-state index contributed by atoms with van der Waals surface area (Å²) in [6.45, 7) is 1.17. The van der Waals surface area contributed by atoms with Gasteiger partial charge in [0.05, 0.1) is 11.6 Å². The van der Waals surface area contributed by atoms with Gasteiger partial charge in [-0.05, 0) is 64.3 Å². The molecule has 0 fully saturated rings. The summed E-state index contributed by atoms with van der Waals surface area (Å²) in [5.74, 6) is 0.176. The number of carbonyl (C=O) groups excluding carboxylic acids is 1. The van der Waals surface area contributed by atoms with Crippen molar-refractivity contribution in [2.24, 2.45) is 5.73 Å². The van der Waals surface area contributed by atoms with Gasteiger partial charge in [0, 0.05) is 6.54 Å². The number of halogens is 2. The highest BCUT2D eigenvalue weighted by Crippen LogP contribution is 2.36. The summed E-state index contributed by atoms with van der Waals surface area (Å²) >= 11 is 3.42. The Labute approximate surface area is 154 Å². The molecule has 5 nitrogen and oxygen atoms in total. The number of primary amides is 1. The maximum absolute atomic E-state index is 12.9. The van der Waals surface area contributed by atoms with E-state index in [-0.39, 0.29) is 12.4 Å². The van der Waals surface area contributed by atoms with Crippen molar-refractivity contribution in [2.45, 2.75) is 13.0 Å². The van der Waals surface area contributed by atoms with Crippen LogP contribution in [-0.4, -0.2) is 26.2 Å². The highest BCUT2D eigenvalue weighted by atomic mass is 79.9. The van der Waals surface area contributed by atoms with Crippen LogP contribution < -0.4 is 20.5 Å². The van der Waals surface area contributed by atoms with E-state index in [2.05, 4.69) is 21.2 Å². The van der Waals surface area contributed by atoms with Crippen LogP contribution in [-0.2, 0) is 17.8 Å². The Hall–Kier alpha value is -2.12. The summed E-state index contributed by atoms with van der Waals surface area (Å²) < 4.78 is 24.2. The quantitative estimate of drug-likeness (QED) is 0.623. The van der Waals surface area contributed by atoms with Crippen LogP contribution in [0.1, 0.15) is 11.1 Å². The highest BCUT2D eigenvalue weighted by Gasteiger charge is 2.12. The monoisotopic (exact) mass is 410 g/mol. The van der Waals surface area contributed by atoms with Crippen molar-refractivity contribution in [3.63, 3.8) is 0 Å². The molecule has 25 heavy (non-hydrogen) atoms. The van der Waals surface area contributed by atoms with Crippen LogP contribution in [0.4, 0.5) is 4.39 Å². The van der Waals surface area contributed by atoms with Crippen molar-refractivity contribution in [2.75, 3.05) is 20.3 Å². The smallest absolute Gasteiger partial charge is 0.255 e. The van der Waals surface area contributed by atoms with Gasteiger partial charge in [0.1, 0.15) is 5.82 Å². The molecule has 0 radical (unpaired) electrons. The van der Waals surface area contributed by atoms with Gasteiger partial charge in [-0.2, -0.15) is 0 Å². The number of ether oxygens (including phenoxy) is 2. The van der Waals surface area contributed by atoms with E-state index in [0.717, 1.165) is 24.1 Å². The Morgan fingerprint density at radius 3 is 2.60 bits per heavy atom. The summed E-state index contributed by atoms with van der Waals surface area (Å²) in [4.78, 5) is 10.9. The lowest BCUT2D eigenvalue weighted by atomic mass is 10.1. The molecule has 0 unspecified atom stereocenters. The summed E-state index contributed by atoms with van der Waals surface area (Å²) in [5, 5.41) is 3.33. The molecule has 2 aromatic rings. The zero-order valence-electron chi connectivity index (χ0n) is 13.9. The normalized spacial score (nSPS) is 10.5. The van der Waals surface area contributed by atoms with Gasteiger partial charge in [-0.15, -0.1) is 0 Å². The largest absolute Gasteiger partial charge is 0.493 e. The lowest BCUT2D eigenvalue weighted by Gasteiger charge is -2.14. The Balaban J connectivity index is 1.92. The summed E-state index contributed by atoms with van der Waals surface area (Å²) in [7, 11) is 1.53. The first-order valence-electron chi connectivity index (χ1n) is 7.72. The summed E-state index contributed by atoms with van der Waals surface area (Å²) in [6, 6.07) is 10.2. The molecular weight excluding hydrogens is 391 g/mol. The standard InChI is InChI=1S/C18H20BrFN2O3/c1-24-16-9-13(8-15(19)18(16)25-11-17(21)23)10-22-7-6-12-2-4-14(20)5-3-12/h2-5,8-9,22H,6-7,10-11H2,1H3,(H2,21,23). The zero-order chi connectivity index (χ0) is 18.2. The van der Waals surface area contributed by atoms with Crippen molar-refractivity contribution in [3.05, 3.63) is 57.8 Å². The minimum atomic E-state index is -0.555. The zero-order valence-corrected chi connectivity index (χ0v) is 15.4. The number of carbonyl (C=O) groups is 1. The van der Waals surface area contributed by atoms with Crippen molar-refractivity contribution in [1.82, 2.24) is 5.32 Å². The van der Waals surface area contributed by atoms with Crippen LogP contribution in [0.25, 0.3) is 0 Å². The molecule has 0 aromatic heterocycles. The third kappa shape index (κ3) is 6.03. The van der Waals surface area contributed by atoms with Crippen molar-refractivity contribution in [3.8, 4) is 11.5 Å². The van der Waals surface area contributed by atoms with Crippen molar-refractivity contribution < 1.29 is 18.7 Å². The molecule has 0 spiro atoms. The van der Waals surface area contributed by atoms with Crippen LogP contribution in [0.5, 0.6) is 11.5 Å². The summed E-state index contributed by atoms with van der Waals surface area (Å²) in [5.41, 5.74) is 7.16. The molecule has 7 heteroatoms. The van der Waals surface area contributed by atoms with E-state index in [4.69, 9.17) is 15.2 Å². The second-order valence-electron chi connectivity index (χ2n) is 5.42. The second-order valence-corrected chi connectivity index (χ2v) is 6.27. The first-order chi connectivity index (χ1) is 12.0. The SMILES string of the molecule is COc1cc(CNCCc2ccc(F)cc2)cc(Br)c1OCC(N)=O. The third-order valence-electron chi connectivity index (χ3n) is 3.48. The number of rotatable bonds is 9. The van der Waals surface area contributed by atoms with Crippen molar-refractivity contribution >= 4 is 21.8 Å². The number of benzene rings is 2. The minimum Gasteiger partial charge on any atom is -0.493 e. The first-order valence-corrected chi connectivity index (χ1v) is 8.51. The fourth-order valence-electron chi connectivity index (χ4n) is 2.28. The number of methoxy groups -OCH3 is 1. The summed E-state index contributed by atoms with van der Waals surface area (Å²) in [6.07, 6.45) is 0.804. The fourth-order valence-corrected chi connectivity index (χ4v) is 2.88. The average molecular weight is 411 g/mol. The average Bonchev–Trinajstić information content (AvgIpc) is 2.58. The Kier molecular flexibility index (Phi) is 7.21. The third-order valence-corrected chi connectivity index (χ3v) is 4.07. The number of amides is 1. The Morgan fingerprint density at radius 1 is 1.24 bits per heavy atom. The molecule has 0 atom stereocenters. The number of nitrogens with two attached hydrogens (primary N) is 1. The van der Waals surface area contributed by atoms with Gasteiger partial charge in [-0.1, -0.05) is 12.1 Å². The molecule has 3 N–H and O–H groups in total. The molecule has 0 saturated carbocycles. The molecule has 0 aliphatic rings. The fraction of sp³-hybridized carbons (Fsp3) is 0.278. The van der Waals surface area contributed by atoms with E-state index < -0.39 is 5.91 Å². The molecule has 0 bridgehead atoms. The lowest BCUT2D eigenvalue weighted by Crippen LogP contribution is -2.20. The number of hydrogen-bond acceptors (Lipinski definition) is 4. The van der Waals surface area contributed by atoms with E-state index in [1.807, 2.05) is 12.1 Å². The van der Waals surface area contributed by atoms with Gasteiger partial charge < -0.3 is 20.5 Å². The maximum atomic E-state index is 12.9. The van der Waals surface area contributed by atoms with Gasteiger partial charge in [0.2, 0.25) is 0 Å². The Morgan fingerprint density at radius 2 is 1.96 bits per heavy atom. The molecule has 0 saturated heterocycles. The van der Waals surface area contributed by atoms with E-state index in [1.165, 1.54) is 19.2 Å². The van der Waals surface area contributed by atoms with Gasteiger partial charge in [0.25, 0.3) is 5.91 Å². The van der Waals surface area contributed by atoms with Crippen LogP contribution in [0, 0.1) is 5.82 Å². The predicted octanol–water partition coefficient (Wildman–Crippen LogP) is 2.79. The highest BCUT2D eigenvalue weighted by molar-refractivity contribution is 9.10. The molecule has 1 amide bonds. The lowest BCUT2D eigenvalue weighted by molar-refractivity contribution is -0.119. The van der Waals surface area contributed by atoms with E-state index in [1.54, 1.807) is 12.1 Å². The van der Waals surface area contributed by atoms with Crippen LogP contribution in [0.3, 0.4) is 0 Å². The topological polar surface area (TPSA) is 73.6 Å². The molecule has 0 aliphatic heterocycles. The van der Waals surface area contributed by atoms with Gasteiger partial charge in [-0.3, -0.25) is 4.79 Å². The molecule has 2 rings (SSSR count). The van der Waals surface area contributed by atoms with Gasteiger partial charge >= 0.3 is 0 Å². The van der Waals surface area contributed by atoms with Gasteiger partial charge in [-0.25, -0.2) is 4.39 Å². The van der Waals surface area contributed by atoms with Crippen molar-refractivity contribution in [1.29, 1.82) is 0 Å². The first kappa shape index (κ1) is 19.2. The molecular formula is C18H20BrFN2O3. The number of nitrogens with one attached hydrogen (secondary N) is 1. The van der Waals surface area contributed by atoms with E-state index >= 15 is 0 Å². The van der Waals surface area contributed by atoms with E-state index in [0.29, 0.717) is 22.5 Å². The van der Waals surface area contributed by atoms with Crippen LogP contribution >= 0.6 is 15.9 Å². The Bertz CT molecular complexity index is 723. The molecule has 2 aromatic carbocycles. The van der Waals surface area contributed by atoms with E-state index in [9.17, 15) is 9.18 Å². The maximum Gasteiger partial charge on any atom is 0.255 e. The molecule has 0 heterocycles. The van der Waals surface area contributed by atoms with Crippen LogP contribution in [0.2, 0.25) is 0 Å². The number of hydrogen-bond donors (Lipinski definition) is 2. The predicted molar refractivity (Wildman–Crippen MR) is 97.2 cm³/mol. The minimum absolute atomic E-state index is 0.218. The van der Waals surface area contributed by atoms with Crippen LogP contribution in [0.15, 0.2) is 40.9 Å². The van der Waals surface area contributed by atoms with Gasteiger partial charge in [0.15, 0.2) is 18.1 Å². The molecule has 134 valence electrons.